The van der Waals surface area contributed by atoms with Gasteiger partial charge in [-0.15, -0.1) is 0 Å². The zero-order valence-electron chi connectivity index (χ0n) is 13.0. The van der Waals surface area contributed by atoms with Crippen LogP contribution in [0.4, 0.5) is 11.5 Å². The Morgan fingerprint density at radius 3 is 2.77 bits per heavy atom. The predicted octanol–water partition coefficient (Wildman–Crippen LogP) is 2.98. The Balaban J connectivity index is 1.93. The molecule has 116 valence electrons. The summed E-state index contributed by atoms with van der Waals surface area (Å²) in [6.07, 6.45) is 3.41. The fourth-order valence-electron chi connectivity index (χ4n) is 2.94. The third kappa shape index (κ3) is 2.43. The number of hydrogen-bond acceptors (Lipinski definition) is 5. The largest absolute Gasteiger partial charge is 0.346 e. The summed E-state index contributed by atoms with van der Waals surface area (Å²) in [4.78, 5) is 24.9. The first-order valence-corrected chi connectivity index (χ1v) is 7.38. The second kappa shape index (κ2) is 5.40. The van der Waals surface area contributed by atoms with Crippen LogP contribution in [0.1, 0.15) is 41.7 Å². The van der Waals surface area contributed by atoms with Crippen LogP contribution in [0, 0.1) is 30.9 Å². The van der Waals surface area contributed by atoms with Crippen LogP contribution in [0.2, 0.25) is 0 Å². The molecular weight excluding hydrogens is 282 g/mol. The van der Waals surface area contributed by atoms with Gasteiger partial charge in [0.05, 0.1) is 16.7 Å². The molecule has 0 spiro atoms. The topological polar surface area (TPSA) is 88.0 Å². The van der Waals surface area contributed by atoms with Crippen molar-refractivity contribution in [3.63, 3.8) is 0 Å². The number of nitrogens with zero attached hydrogens (tertiary/aromatic N) is 4. The van der Waals surface area contributed by atoms with E-state index in [0.717, 1.165) is 42.4 Å². The van der Waals surface area contributed by atoms with Crippen molar-refractivity contribution in [2.45, 2.75) is 39.7 Å². The van der Waals surface area contributed by atoms with Crippen molar-refractivity contribution in [1.82, 2.24) is 15.0 Å². The molecule has 2 aromatic rings. The molecule has 0 amide bonds. The lowest BCUT2D eigenvalue weighted by Crippen LogP contribution is -2.24. The highest BCUT2D eigenvalue weighted by atomic mass is 16.6. The highest BCUT2D eigenvalue weighted by Gasteiger charge is 2.30. The zero-order valence-corrected chi connectivity index (χ0v) is 13.0. The summed E-state index contributed by atoms with van der Waals surface area (Å²) in [7, 11) is 0. The SMILES string of the molecule is Cc1cc(N2CCCC2c2nc(C)c(C)[nH]2)ncc1[N+](=O)[O-]. The van der Waals surface area contributed by atoms with Crippen LogP contribution in [-0.2, 0) is 0 Å². The minimum absolute atomic E-state index is 0.0594. The Morgan fingerprint density at radius 1 is 1.41 bits per heavy atom. The number of pyridine rings is 1. The van der Waals surface area contributed by atoms with Gasteiger partial charge in [0, 0.05) is 17.8 Å². The van der Waals surface area contributed by atoms with Gasteiger partial charge in [0.1, 0.15) is 17.8 Å². The molecule has 0 bridgehead atoms. The normalized spacial score (nSPS) is 18.0. The van der Waals surface area contributed by atoms with E-state index >= 15 is 0 Å². The predicted molar refractivity (Wildman–Crippen MR) is 83.0 cm³/mol. The van der Waals surface area contributed by atoms with Gasteiger partial charge in [0.25, 0.3) is 5.69 Å². The lowest BCUT2D eigenvalue weighted by atomic mass is 10.2. The lowest BCUT2D eigenvalue weighted by Gasteiger charge is -2.24. The maximum Gasteiger partial charge on any atom is 0.290 e. The number of anilines is 1. The van der Waals surface area contributed by atoms with E-state index in [1.54, 1.807) is 13.0 Å². The van der Waals surface area contributed by atoms with Crippen molar-refractivity contribution < 1.29 is 4.92 Å². The first kappa shape index (κ1) is 14.5. The molecule has 1 aliphatic rings. The summed E-state index contributed by atoms with van der Waals surface area (Å²) in [6, 6.07) is 1.94. The third-order valence-corrected chi connectivity index (χ3v) is 4.27. The summed E-state index contributed by atoms with van der Waals surface area (Å²) in [5.74, 6) is 1.72. The molecule has 3 rings (SSSR count). The Morgan fingerprint density at radius 2 is 2.18 bits per heavy atom. The van der Waals surface area contributed by atoms with Crippen molar-refractivity contribution in [2.75, 3.05) is 11.4 Å². The fraction of sp³-hybridized carbons (Fsp3) is 0.467. The summed E-state index contributed by atoms with van der Waals surface area (Å²) in [5.41, 5.74) is 2.78. The van der Waals surface area contributed by atoms with E-state index in [9.17, 15) is 10.1 Å². The molecule has 1 unspecified atom stereocenters. The summed E-state index contributed by atoms with van der Waals surface area (Å²) >= 11 is 0. The minimum atomic E-state index is -0.396. The molecular formula is C15H19N5O2. The van der Waals surface area contributed by atoms with Gasteiger partial charge in [-0.3, -0.25) is 10.1 Å². The Labute approximate surface area is 128 Å². The van der Waals surface area contributed by atoms with Gasteiger partial charge in [0.15, 0.2) is 0 Å². The number of H-pyrrole nitrogens is 1. The first-order valence-electron chi connectivity index (χ1n) is 7.38. The van der Waals surface area contributed by atoms with E-state index in [-0.39, 0.29) is 11.7 Å². The highest BCUT2D eigenvalue weighted by Crippen LogP contribution is 2.35. The minimum Gasteiger partial charge on any atom is -0.346 e. The second-order valence-corrected chi connectivity index (χ2v) is 5.77. The Hall–Kier alpha value is -2.44. The number of rotatable bonds is 3. The molecule has 7 nitrogen and oxygen atoms in total. The van der Waals surface area contributed by atoms with Gasteiger partial charge in [-0.25, -0.2) is 9.97 Å². The van der Waals surface area contributed by atoms with E-state index in [1.165, 1.54) is 6.20 Å². The third-order valence-electron chi connectivity index (χ3n) is 4.27. The summed E-state index contributed by atoms with van der Waals surface area (Å²) < 4.78 is 0. The van der Waals surface area contributed by atoms with Crippen molar-refractivity contribution >= 4 is 11.5 Å². The molecule has 1 N–H and O–H groups in total. The number of aryl methyl sites for hydroxylation is 3. The number of imidazole rings is 1. The highest BCUT2D eigenvalue weighted by molar-refractivity contribution is 5.50. The van der Waals surface area contributed by atoms with Crippen LogP contribution < -0.4 is 4.90 Å². The van der Waals surface area contributed by atoms with Gasteiger partial charge in [-0.05, 0) is 39.7 Å². The molecule has 0 radical (unpaired) electrons. The maximum absolute atomic E-state index is 10.9. The smallest absolute Gasteiger partial charge is 0.290 e. The van der Waals surface area contributed by atoms with Crippen molar-refractivity contribution in [3.8, 4) is 0 Å². The summed E-state index contributed by atoms with van der Waals surface area (Å²) in [5, 5.41) is 10.9. The van der Waals surface area contributed by atoms with E-state index < -0.39 is 4.92 Å². The maximum atomic E-state index is 10.9. The molecule has 1 atom stereocenters. The van der Waals surface area contributed by atoms with E-state index in [4.69, 9.17) is 0 Å². The van der Waals surface area contributed by atoms with Crippen LogP contribution in [-0.4, -0.2) is 26.4 Å². The van der Waals surface area contributed by atoms with Crippen LogP contribution in [0.15, 0.2) is 12.3 Å². The van der Waals surface area contributed by atoms with Crippen LogP contribution in [0.25, 0.3) is 0 Å². The number of aromatic amines is 1. The molecule has 7 heteroatoms. The van der Waals surface area contributed by atoms with Crippen LogP contribution in [0.3, 0.4) is 0 Å². The summed E-state index contributed by atoms with van der Waals surface area (Å²) in [6.45, 7) is 6.63. The van der Waals surface area contributed by atoms with E-state index in [1.807, 2.05) is 13.8 Å². The van der Waals surface area contributed by atoms with E-state index in [2.05, 4.69) is 19.9 Å². The Bertz CT molecular complexity index is 705. The van der Waals surface area contributed by atoms with Crippen molar-refractivity contribution in [3.05, 3.63) is 45.2 Å². The van der Waals surface area contributed by atoms with Gasteiger partial charge < -0.3 is 9.88 Å². The van der Waals surface area contributed by atoms with Gasteiger partial charge >= 0.3 is 0 Å². The lowest BCUT2D eigenvalue weighted by molar-refractivity contribution is -0.385. The Kier molecular flexibility index (Phi) is 3.56. The first-order chi connectivity index (χ1) is 10.5. The molecule has 0 aliphatic carbocycles. The van der Waals surface area contributed by atoms with Gasteiger partial charge in [0.2, 0.25) is 0 Å². The number of aromatic nitrogens is 3. The monoisotopic (exact) mass is 301 g/mol. The van der Waals surface area contributed by atoms with Crippen LogP contribution in [0.5, 0.6) is 0 Å². The van der Waals surface area contributed by atoms with E-state index in [0.29, 0.717) is 5.56 Å². The van der Waals surface area contributed by atoms with Gasteiger partial charge in [-0.1, -0.05) is 0 Å². The number of nitro groups is 1. The fourth-order valence-corrected chi connectivity index (χ4v) is 2.94. The molecule has 1 saturated heterocycles. The quantitative estimate of drug-likeness (QED) is 0.695. The molecule has 1 fully saturated rings. The van der Waals surface area contributed by atoms with Crippen molar-refractivity contribution in [2.24, 2.45) is 0 Å². The molecule has 2 aromatic heterocycles. The average Bonchev–Trinajstić information content (AvgIpc) is 3.06. The molecule has 3 heterocycles. The number of nitrogens with one attached hydrogen (secondary N) is 1. The van der Waals surface area contributed by atoms with Crippen LogP contribution >= 0.6 is 0 Å². The van der Waals surface area contributed by atoms with Gasteiger partial charge in [-0.2, -0.15) is 0 Å². The molecule has 0 aromatic carbocycles. The standard InChI is InChI=1S/C15H19N5O2/c1-9-7-14(16-8-13(9)20(21)22)19-6-4-5-12(19)15-17-10(2)11(3)18-15/h7-8,12H,4-6H2,1-3H3,(H,17,18). The molecule has 0 saturated carbocycles. The molecule has 1 aliphatic heterocycles. The molecule has 22 heavy (non-hydrogen) atoms. The van der Waals surface area contributed by atoms with Crippen molar-refractivity contribution in [1.29, 1.82) is 0 Å². The average molecular weight is 301 g/mol. The number of hydrogen-bond donors (Lipinski definition) is 1. The zero-order chi connectivity index (χ0) is 15.9. The second-order valence-electron chi connectivity index (χ2n) is 5.77.